The number of benzene rings is 1. The highest BCUT2D eigenvalue weighted by Gasteiger charge is 2.46. The first kappa shape index (κ1) is 25.0. The van der Waals surface area contributed by atoms with Gasteiger partial charge >= 0.3 is 6.09 Å². The summed E-state index contributed by atoms with van der Waals surface area (Å²) >= 11 is 0. The third-order valence-corrected chi connectivity index (χ3v) is 7.36. The molecule has 1 saturated carbocycles. The number of amides is 2. The molecule has 1 fully saturated rings. The summed E-state index contributed by atoms with van der Waals surface area (Å²) in [6.45, 7) is 0.491. The standard InChI is InChI=1S/C28H27FN6O4/c1-33(2)15-21-19(28(39-3)9-10-28)5-7-23(32-21)31-20-6-4-17(18-14-35(27(37)38)26(36)25(18)20)22-13-30-24-12-16(29)8-11-34(22)24/h4-8,11-13H,9-10,14-15H2,1-3H3,(H,31,32)(H,37,38). The average molecular weight is 531 g/mol. The van der Waals surface area contributed by atoms with Gasteiger partial charge < -0.3 is 20.1 Å². The zero-order valence-electron chi connectivity index (χ0n) is 21.7. The predicted octanol–water partition coefficient (Wildman–Crippen LogP) is 4.61. The molecule has 0 bridgehead atoms. The molecule has 3 aromatic heterocycles. The molecule has 2 N–H and O–H groups in total. The Labute approximate surface area is 223 Å². The Morgan fingerprint density at radius 2 is 2.03 bits per heavy atom. The van der Waals surface area contributed by atoms with E-state index in [4.69, 9.17) is 9.72 Å². The molecule has 200 valence electrons. The van der Waals surface area contributed by atoms with Crippen LogP contribution >= 0.6 is 0 Å². The van der Waals surface area contributed by atoms with Gasteiger partial charge in [-0.1, -0.05) is 12.1 Å². The molecule has 1 aliphatic heterocycles. The number of anilines is 2. The smallest absolute Gasteiger partial charge is 0.414 e. The summed E-state index contributed by atoms with van der Waals surface area (Å²) < 4.78 is 21.2. The Hall–Kier alpha value is -4.35. The first-order valence-electron chi connectivity index (χ1n) is 12.5. The maximum Gasteiger partial charge on any atom is 0.414 e. The molecular weight excluding hydrogens is 503 g/mol. The second-order valence-corrected chi connectivity index (χ2v) is 10.2. The summed E-state index contributed by atoms with van der Waals surface area (Å²) in [5, 5.41) is 13.0. The van der Waals surface area contributed by atoms with Gasteiger partial charge in [0.1, 0.15) is 17.3 Å². The predicted molar refractivity (Wildman–Crippen MR) is 141 cm³/mol. The number of nitrogens with one attached hydrogen (secondary N) is 1. The summed E-state index contributed by atoms with van der Waals surface area (Å²) in [6.07, 6.45) is 3.68. The molecule has 2 aliphatic rings. The van der Waals surface area contributed by atoms with Crippen LogP contribution in [0.2, 0.25) is 0 Å². The zero-order valence-corrected chi connectivity index (χ0v) is 21.7. The highest BCUT2D eigenvalue weighted by atomic mass is 19.1. The van der Waals surface area contributed by atoms with E-state index in [1.165, 1.54) is 12.1 Å². The molecular formula is C28H27FN6O4. The lowest BCUT2D eigenvalue weighted by atomic mass is 9.99. The van der Waals surface area contributed by atoms with E-state index >= 15 is 0 Å². The van der Waals surface area contributed by atoms with Gasteiger partial charge in [-0.25, -0.2) is 24.1 Å². The van der Waals surface area contributed by atoms with Crippen molar-refractivity contribution >= 4 is 29.2 Å². The average Bonchev–Trinajstić information content (AvgIpc) is 3.45. The molecule has 0 radical (unpaired) electrons. The Bertz CT molecular complexity index is 1640. The molecule has 4 aromatic rings. The monoisotopic (exact) mass is 530 g/mol. The SMILES string of the molecule is COC1(c2ccc(Nc3ccc(-c4cnc5cc(F)ccn45)c4c3C(=O)N(C(=O)O)C4)nc2CN(C)C)CC1. The number of carbonyl (C=O) groups is 2. The van der Waals surface area contributed by atoms with E-state index in [9.17, 15) is 19.1 Å². The van der Waals surface area contributed by atoms with Gasteiger partial charge in [0.2, 0.25) is 0 Å². The number of fused-ring (bicyclic) bond motifs is 2. The van der Waals surface area contributed by atoms with Crippen molar-refractivity contribution in [1.29, 1.82) is 0 Å². The molecule has 39 heavy (non-hydrogen) atoms. The zero-order chi connectivity index (χ0) is 27.5. The quantitative estimate of drug-likeness (QED) is 0.356. The molecule has 10 nitrogen and oxygen atoms in total. The van der Waals surface area contributed by atoms with E-state index in [0.29, 0.717) is 40.5 Å². The highest BCUT2D eigenvalue weighted by Crippen LogP contribution is 2.50. The van der Waals surface area contributed by atoms with Crippen molar-refractivity contribution in [3.63, 3.8) is 0 Å². The topological polar surface area (TPSA) is 112 Å². The minimum Gasteiger partial charge on any atom is -0.465 e. The molecule has 6 rings (SSSR count). The van der Waals surface area contributed by atoms with Crippen LogP contribution in [0, 0.1) is 5.82 Å². The van der Waals surface area contributed by atoms with Gasteiger partial charge in [0.05, 0.1) is 41.0 Å². The Kier molecular flexibility index (Phi) is 5.85. The van der Waals surface area contributed by atoms with Crippen LogP contribution in [-0.2, 0) is 23.4 Å². The van der Waals surface area contributed by atoms with Crippen molar-refractivity contribution in [2.45, 2.75) is 31.5 Å². The van der Waals surface area contributed by atoms with Crippen molar-refractivity contribution < 1.29 is 23.8 Å². The third kappa shape index (κ3) is 4.19. The van der Waals surface area contributed by atoms with E-state index in [1.54, 1.807) is 30.0 Å². The number of aromatic nitrogens is 3. The first-order chi connectivity index (χ1) is 18.7. The number of ether oxygens (including phenoxy) is 1. The van der Waals surface area contributed by atoms with Crippen molar-refractivity contribution in [1.82, 2.24) is 24.2 Å². The molecule has 0 atom stereocenters. The third-order valence-electron chi connectivity index (χ3n) is 7.36. The number of hydrogen-bond acceptors (Lipinski definition) is 7. The second kappa shape index (κ2) is 9.14. The van der Waals surface area contributed by atoms with Crippen LogP contribution in [0.5, 0.6) is 0 Å². The number of pyridine rings is 2. The summed E-state index contributed by atoms with van der Waals surface area (Å²) in [4.78, 5) is 37.2. The second-order valence-electron chi connectivity index (χ2n) is 10.2. The summed E-state index contributed by atoms with van der Waals surface area (Å²) in [5.74, 6) is -0.505. The molecule has 0 spiro atoms. The maximum atomic E-state index is 13.7. The molecule has 11 heteroatoms. The Morgan fingerprint density at radius 1 is 1.23 bits per heavy atom. The largest absolute Gasteiger partial charge is 0.465 e. The number of imidazole rings is 1. The molecule has 4 heterocycles. The van der Waals surface area contributed by atoms with Crippen LogP contribution < -0.4 is 5.32 Å². The van der Waals surface area contributed by atoms with Gasteiger partial charge in [-0.3, -0.25) is 9.20 Å². The van der Waals surface area contributed by atoms with E-state index in [2.05, 4.69) is 10.3 Å². The van der Waals surface area contributed by atoms with E-state index < -0.39 is 17.8 Å². The molecule has 1 aliphatic carbocycles. The van der Waals surface area contributed by atoms with Crippen molar-refractivity contribution in [3.05, 3.63) is 77.0 Å². The van der Waals surface area contributed by atoms with Gasteiger partial charge in [-0.2, -0.15) is 0 Å². The van der Waals surface area contributed by atoms with Gasteiger partial charge in [0.25, 0.3) is 5.91 Å². The number of carboxylic acid groups (broad SMARTS) is 1. The van der Waals surface area contributed by atoms with Crippen molar-refractivity contribution in [2.24, 2.45) is 0 Å². The lowest BCUT2D eigenvalue weighted by molar-refractivity contribution is 0.0762. The van der Waals surface area contributed by atoms with Crippen LogP contribution in [0.3, 0.4) is 0 Å². The lowest BCUT2D eigenvalue weighted by Crippen LogP contribution is -2.29. The molecule has 0 saturated heterocycles. The summed E-state index contributed by atoms with van der Waals surface area (Å²) in [7, 11) is 5.65. The van der Waals surface area contributed by atoms with Crippen LogP contribution in [0.1, 0.15) is 40.0 Å². The minimum atomic E-state index is -1.33. The number of nitrogens with zero attached hydrogens (tertiary/aromatic N) is 5. The maximum absolute atomic E-state index is 13.7. The summed E-state index contributed by atoms with van der Waals surface area (Å²) in [6, 6.07) is 10.0. The fourth-order valence-electron chi connectivity index (χ4n) is 5.32. The fourth-order valence-corrected chi connectivity index (χ4v) is 5.32. The van der Waals surface area contributed by atoms with Crippen molar-refractivity contribution in [2.75, 3.05) is 26.5 Å². The van der Waals surface area contributed by atoms with Crippen LogP contribution in [0.4, 0.5) is 20.7 Å². The van der Waals surface area contributed by atoms with Gasteiger partial charge in [0.15, 0.2) is 0 Å². The Morgan fingerprint density at radius 3 is 2.72 bits per heavy atom. The fraction of sp³-hybridized carbons (Fsp3) is 0.286. The molecule has 0 unspecified atom stereocenters. The van der Waals surface area contributed by atoms with Gasteiger partial charge in [-0.15, -0.1) is 0 Å². The number of hydrogen-bond donors (Lipinski definition) is 2. The number of methoxy groups -OCH3 is 1. The van der Waals surface area contributed by atoms with Crippen LogP contribution in [-0.4, -0.2) is 62.5 Å². The first-order valence-corrected chi connectivity index (χ1v) is 12.5. The number of halogens is 1. The normalized spacial score (nSPS) is 15.7. The molecule has 1 aromatic carbocycles. The minimum absolute atomic E-state index is 0.114. The lowest BCUT2D eigenvalue weighted by Gasteiger charge is -2.21. The number of rotatable bonds is 7. The van der Waals surface area contributed by atoms with E-state index in [0.717, 1.165) is 29.0 Å². The van der Waals surface area contributed by atoms with E-state index in [-0.39, 0.29) is 17.7 Å². The van der Waals surface area contributed by atoms with Crippen LogP contribution in [0.25, 0.3) is 16.9 Å². The van der Waals surface area contributed by atoms with Gasteiger partial charge in [-0.05, 0) is 50.7 Å². The van der Waals surface area contributed by atoms with Gasteiger partial charge in [0, 0.05) is 37.0 Å². The van der Waals surface area contributed by atoms with Crippen molar-refractivity contribution in [3.8, 4) is 11.3 Å². The van der Waals surface area contributed by atoms with Crippen LogP contribution in [0.15, 0.2) is 48.8 Å². The van der Waals surface area contributed by atoms with E-state index in [1.807, 2.05) is 37.2 Å². The number of carbonyl (C=O) groups excluding carboxylic acids is 1. The highest BCUT2D eigenvalue weighted by molar-refractivity contribution is 6.11. The summed E-state index contributed by atoms with van der Waals surface area (Å²) in [5.41, 5.74) is 4.51. The molecule has 2 amide bonds. The number of imide groups is 1. The Balaban J connectivity index is 1.44.